The molecule has 13 heteroatoms. The van der Waals surface area contributed by atoms with Crippen molar-refractivity contribution in [2.45, 2.75) is 17.3 Å². The Morgan fingerprint density at radius 1 is 1.17 bits per heavy atom. The number of ether oxygens (including phenoxy) is 1. The molecule has 152 valence electrons. The SMILES string of the molecule is Cc1nc(-c2cccc(Oc3ccc(S(=O)(=O)C(F)(F)F)cc3[N+](=O)[O-])c2)no1. The van der Waals surface area contributed by atoms with E-state index < -0.39 is 36.6 Å². The number of benzene rings is 2. The largest absolute Gasteiger partial charge is 0.501 e. The summed E-state index contributed by atoms with van der Waals surface area (Å²) in [6.45, 7) is 1.58. The van der Waals surface area contributed by atoms with Crippen molar-refractivity contribution in [2.24, 2.45) is 0 Å². The first-order chi connectivity index (χ1) is 13.5. The third-order valence-corrected chi connectivity index (χ3v) is 5.07. The maximum absolute atomic E-state index is 12.7. The van der Waals surface area contributed by atoms with E-state index in [1.807, 2.05) is 0 Å². The summed E-state index contributed by atoms with van der Waals surface area (Å²) >= 11 is 0. The van der Waals surface area contributed by atoms with E-state index in [1.54, 1.807) is 13.0 Å². The molecule has 0 saturated carbocycles. The van der Waals surface area contributed by atoms with E-state index in [-0.39, 0.29) is 11.6 Å². The molecule has 0 N–H and O–H groups in total. The summed E-state index contributed by atoms with van der Waals surface area (Å²) in [7, 11) is -5.75. The quantitative estimate of drug-likeness (QED) is 0.439. The van der Waals surface area contributed by atoms with Crippen LogP contribution in [0.1, 0.15) is 5.89 Å². The second kappa shape index (κ2) is 7.16. The van der Waals surface area contributed by atoms with Gasteiger partial charge in [-0.3, -0.25) is 10.1 Å². The lowest BCUT2D eigenvalue weighted by Crippen LogP contribution is -2.23. The van der Waals surface area contributed by atoms with Gasteiger partial charge in [0.2, 0.25) is 17.5 Å². The molecule has 0 atom stereocenters. The predicted octanol–water partition coefficient (Wildman–Crippen LogP) is 4.04. The third kappa shape index (κ3) is 4.03. The Kier molecular flexibility index (Phi) is 5.00. The fourth-order valence-corrected chi connectivity index (χ4v) is 3.05. The lowest BCUT2D eigenvalue weighted by atomic mass is 10.2. The summed E-state index contributed by atoms with van der Waals surface area (Å²) in [5.74, 6) is 0.175. The van der Waals surface area contributed by atoms with Crippen LogP contribution in [-0.4, -0.2) is 29.0 Å². The highest BCUT2D eigenvalue weighted by Gasteiger charge is 2.47. The Bertz CT molecular complexity index is 1190. The first-order valence-electron chi connectivity index (χ1n) is 7.67. The normalized spacial score (nSPS) is 12.0. The molecule has 3 aromatic rings. The topological polar surface area (TPSA) is 125 Å². The Hall–Kier alpha value is -3.48. The third-order valence-electron chi connectivity index (χ3n) is 3.59. The van der Waals surface area contributed by atoms with Gasteiger partial charge in [0.25, 0.3) is 9.84 Å². The van der Waals surface area contributed by atoms with Crippen molar-refractivity contribution in [3.63, 3.8) is 0 Å². The summed E-state index contributed by atoms with van der Waals surface area (Å²) in [4.78, 5) is 13.0. The van der Waals surface area contributed by atoms with Crippen LogP contribution < -0.4 is 4.74 Å². The number of aryl methyl sites for hydroxylation is 1. The van der Waals surface area contributed by atoms with Crippen LogP contribution in [0.2, 0.25) is 0 Å². The van der Waals surface area contributed by atoms with Crippen LogP contribution in [0.3, 0.4) is 0 Å². The molecule has 29 heavy (non-hydrogen) atoms. The second-order valence-electron chi connectivity index (χ2n) is 5.60. The highest BCUT2D eigenvalue weighted by molar-refractivity contribution is 7.92. The molecule has 0 bridgehead atoms. The minimum atomic E-state index is -5.75. The van der Waals surface area contributed by atoms with Crippen molar-refractivity contribution in [1.29, 1.82) is 0 Å². The van der Waals surface area contributed by atoms with Gasteiger partial charge >= 0.3 is 11.2 Å². The number of rotatable bonds is 5. The molecule has 0 radical (unpaired) electrons. The average molecular weight is 429 g/mol. The number of nitro benzene ring substituents is 1. The van der Waals surface area contributed by atoms with Crippen molar-refractivity contribution in [3.05, 3.63) is 58.5 Å². The van der Waals surface area contributed by atoms with Crippen LogP contribution in [-0.2, 0) is 9.84 Å². The van der Waals surface area contributed by atoms with E-state index in [2.05, 4.69) is 10.1 Å². The number of nitro groups is 1. The average Bonchev–Trinajstić information content (AvgIpc) is 3.07. The summed E-state index contributed by atoms with van der Waals surface area (Å²) < 4.78 is 71.3. The van der Waals surface area contributed by atoms with Gasteiger partial charge in [-0.25, -0.2) is 8.42 Å². The molecule has 0 unspecified atom stereocenters. The van der Waals surface area contributed by atoms with E-state index in [1.165, 1.54) is 18.2 Å². The number of nitrogens with zero attached hydrogens (tertiary/aromatic N) is 3. The van der Waals surface area contributed by atoms with Crippen molar-refractivity contribution in [1.82, 2.24) is 10.1 Å². The molecule has 0 aliphatic heterocycles. The molecule has 0 saturated heterocycles. The lowest BCUT2D eigenvalue weighted by Gasteiger charge is -2.10. The monoisotopic (exact) mass is 429 g/mol. The zero-order valence-electron chi connectivity index (χ0n) is 14.4. The standard InChI is InChI=1S/C16H10F3N3O6S/c1-9-20-15(21-28-9)10-3-2-4-11(7-10)27-14-6-5-12(8-13(14)22(23)24)29(25,26)16(17,18)19/h2-8H,1H3. The number of alkyl halides is 3. The second-order valence-corrected chi connectivity index (χ2v) is 7.54. The Labute approximate surface area is 160 Å². The van der Waals surface area contributed by atoms with Crippen LogP contribution in [0.4, 0.5) is 18.9 Å². The van der Waals surface area contributed by atoms with Gasteiger partial charge in [-0.05, 0) is 24.3 Å². The van der Waals surface area contributed by atoms with Gasteiger partial charge in [0.15, 0.2) is 0 Å². The van der Waals surface area contributed by atoms with Crippen LogP contribution in [0, 0.1) is 17.0 Å². The van der Waals surface area contributed by atoms with Crippen LogP contribution in [0.25, 0.3) is 11.4 Å². The van der Waals surface area contributed by atoms with Crippen molar-refractivity contribution < 1.29 is 35.8 Å². The molecule has 2 aromatic carbocycles. The van der Waals surface area contributed by atoms with E-state index in [0.717, 1.165) is 6.07 Å². The summed E-state index contributed by atoms with van der Waals surface area (Å²) in [6, 6.07) is 7.66. The van der Waals surface area contributed by atoms with E-state index in [9.17, 15) is 31.7 Å². The number of hydrogen-bond acceptors (Lipinski definition) is 8. The minimum absolute atomic E-state index is 0.0829. The van der Waals surface area contributed by atoms with Gasteiger partial charge in [-0.1, -0.05) is 17.3 Å². The number of aromatic nitrogens is 2. The molecule has 0 spiro atoms. The molecular formula is C16H10F3N3O6S. The molecular weight excluding hydrogens is 419 g/mol. The molecule has 0 amide bonds. The van der Waals surface area contributed by atoms with E-state index in [0.29, 0.717) is 23.6 Å². The highest BCUT2D eigenvalue weighted by atomic mass is 32.2. The van der Waals surface area contributed by atoms with E-state index in [4.69, 9.17) is 9.26 Å². The molecule has 3 rings (SSSR count). The molecule has 0 aliphatic carbocycles. The molecule has 0 fully saturated rings. The summed E-state index contributed by atoms with van der Waals surface area (Å²) in [5.41, 5.74) is -6.09. The van der Waals surface area contributed by atoms with Gasteiger partial charge in [-0.15, -0.1) is 0 Å². The van der Waals surface area contributed by atoms with Gasteiger partial charge < -0.3 is 9.26 Å². The van der Waals surface area contributed by atoms with Gasteiger partial charge in [0.1, 0.15) is 5.75 Å². The van der Waals surface area contributed by atoms with Gasteiger partial charge in [-0.2, -0.15) is 18.2 Å². The smallest absolute Gasteiger partial charge is 0.450 e. The maximum Gasteiger partial charge on any atom is 0.501 e. The fraction of sp³-hybridized carbons (Fsp3) is 0.125. The van der Waals surface area contributed by atoms with Gasteiger partial charge in [0, 0.05) is 18.6 Å². The Balaban J connectivity index is 1.99. The van der Waals surface area contributed by atoms with Crippen LogP contribution in [0.15, 0.2) is 51.9 Å². The lowest BCUT2D eigenvalue weighted by molar-refractivity contribution is -0.385. The zero-order valence-corrected chi connectivity index (χ0v) is 15.2. The minimum Gasteiger partial charge on any atom is -0.450 e. The van der Waals surface area contributed by atoms with Crippen molar-refractivity contribution in [3.8, 4) is 22.9 Å². The Morgan fingerprint density at radius 3 is 2.48 bits per heavy atom. The predicted molar refractivity (Wildman–Crippen MR) is 90.9 cm³/mol. The van der Waals surface area contributed by atoms with E-state index >= 15 is 0 Å². The number of hydrogen-bond donors (Lipinski definition) is 0. The fourth-order valence-electron chi connectivity index (χ4n) is 2.27. The first kappa shape index (κ1) is 20.3. The van der Waals surface area contributed by atoms with Crippen molar-refractivity contribution >= 4 is 15.5 Å². The first-order valence-corrected chi connectivity index (χ1v) is 9.16. The van der Waals surface area contributed by atoms with Crippen molar-refractivity contribution in [2.75, 3.05) is 0 Å². The number of halogens is 3. The van der Waals surface area contributed by atoms with Gasteiger partial charge in [0.05, 0.1) is 9.82 Å². The summed E-state index contributed by atoms with van der Waals surface area (Å²) in [5, 5.41) is 15.0. The molecule has 1 aromatic heterocycles. The maximum atomic E-state index is 12.7. The molecule has 0 aliphatic rings. The molecule has 1 heterocycles. The van der Waals surface area contributed by atoms with Crippen LogP contribution >= 0.6 is 0 Å². The van der Waals surface area contributed by atoms with Crippen LogP contribution in [0.5, 0.6) is 11.5 Å². The summed E-state index contributed by atoms with van der Waals surface area (Å²) in [6.07, 6.45) is 0. The Morgan fingerprint density at radius 2 is 1.90 bits per heavy atom. The highest BCUT2D eigenvalue weighted by Crippen LogP contribution is 2.37. The zero-order chi connectivity index (χ0) is 21.4. The molecule has 9 nitrogen and oxygen atoms in total. The number of sulfone groups is 1.